The molecule has 0 aliphatic carbocycles. The maximum atomic E-state index is 11.8. The number of ether oxygens (including phenoxy) is 1. The molecular weight excluding hydrogens is 137 g/mol. The molecule has 1 unspecified atom stereocenters. The van der Waals surface area contributed by atoms with Gasteiger partial charge >= 0.3 is 0 Å². The largest absolute Gasteiger partial charge is 0.367 e. The van der Waals surface area contributed by atoms with Gasteiger partial charge in [0.15, 0.2) is 6.23 Å². The Bertz CT molecular complexity index is 133. The summed E-state index contributed by atoms with van der Waals surface area (Å²) >= 11 is 0. The number of hydrogen-bond acceptors (Lipinski definition) is 2. The summed E-state index contributed by atoms with van der Waals surface area (Å²) in [6, 6.07) is 0. The first-order valence-electron chi connectivity index (χ1n) is 2.96. The van der Waals surface area contributed by atoms with E-state index in [0.717, 1.165) is 0 Å². The normalized spacial score (nSPS) is 12.8. The van der Waals surface area contributed by atoms with Gasteiger partial charge in [-0.05, 0) is 19.4 Å². The minimum Gasteiger partial charge on any atom is -0.367 e. The molecule has 0 aromatic carbocycles. The van der Waals surface area contributed by atoms with Crippen LogP contribution in [-0.2, 0) is 4.74 Å². The van der Waals surface area contributed by atoms with Gasteiger partial charge in [-0.25, -0.2) is 4.39 Å². The molecule has 0 N–H and O–H groups in total. The number of rotatable bonds is 4. The predicted octanol–water partition coefficient (Wildman–Crippen LogP) is 2.02. The van der Waals surface area contributed by atoms with E-state index in [4.69, 9.17) is 10.3 Å². The highest BCUT2D eigenvalue weighted by Crippen LogP contribution is 2.00. The Morgan fingerprint density at radius 3 is 2.60 bits per heavy atom. The molecule has 0 aromatic heterocycles. The average molecular weight is 147 g/mol. The Balaban J connectivity index is 3.71. The van der Waals surface area contributed by atoms with Gasteiger partial charge in [0.1, 0.15) is 6.67 Å². The Kier molecular flexibility index (Phi) is 4.62. The first-order chi connectivity index (χ1) is 4.70. The molecule has 5 heteroatoms. The van der Waals surface area contributed by atoms with Crippen molar-refractivity contribution in [2.75, 3.05) is 6.67 Å². The van der Waals surface area contributed by atoms with Gasteiger partial charge in [-0.3, -0.25) is 0 Å². The fraction of sp³-hybridized carbons (Fsp3) is 1.00. The van der Waals surface area contributed by atoms with Crippen molar-refractivity contribution in [1.82, 2.24) is 0 Å². The van der Waals surface area contributed by atoms with E-state index >= 15 is 0 Å². The summed E-state index contributed by atoms with van der Waals surface area (Å²) in [5.41, 5.74) is 7.89. The summed E-state index contributed by atoms with van der Waals surface area (Å²) in [6.45, 7) is 2.72. The van der Waals surface area contributed by atoms with E-state index in [1.54, 1.807) is 13.8 Å². The Hall–Kier alpha value is -0.800. The van der Waals surface area contributed by atoms with Crippen molar-refractivity contribution in [3.63, 3.8) is 0 Å². The molecule has 0 amide bonds. The number of alkyl halides is 1. The lowest BCUT2D eigenvalue weighted by Gasteiger charge is -2.10. The lowest BCUT2D eigenvalue weighted by atomic mass is 10.5. The topological polar surface area (TPSA) is 58.0 Å². The maximum absolute atomic E-state index is 11.8. The monoisotopic (exact) mass is 147 g/mol. The van der Waals surface area contributed by atoms with Gasteiger partial charge in [0, 0.05) is 4.91 Å². The molecule has 0 fully saturated rings. The fourth-order valence-corrected chi connectivity index (χ4v) is 0.466. The molecule has 0 aromatic rings. The third kappa shape index (κ3) is 4.12. The zero-order valence-electron chi connectivity index (χ0n) is 5.99. The SMILES string of the molecule is CC(C)OC(CF)N=[N+]=[N-]. The third-order valence-electron chi connectivity index (χ3n) is 0.742. The number of hydrogen-bond donors (Lipinski definition) is 0. The van der Waals surface area contributed by atoms with Gasteiger partial charge in [0.2, 0.25) is 0 Å². The van der Waals surface area contributed by atoms with E-state index in [2.05, 4.69) is 10.0 Å². The highest BCUT2D eigenvalue weighted by Gasteiger charge is 2.06. The second-order valence-corrected chi connectivity index (χ2v) is 2.00. The zero-order valence-corrected chi connectivity index (χ0v) is 5.99. The molecule has 0 aliphatic heterocycles. The van der Waals surface area contributed by atoms with Gasteiger partial charge in [-0.15, -0.1) is 0 Å². The first-order valence-corrected chi connectivity index (χ1v) is 2.96. The molecule has 0 saturated carbocycles. The van der Waals surface area contributed by atoms with Crippen LogP contribution in [0.5, 0.6) is 0 Å². The summed E-state index contributed by atoms with van der Waals surface area (Å²) < 4.78 is 16.7. The fourth-order valence-electron chi connectivity index (χ4n) is 0.466. The van der Waals surface area contributed by atoms with Crippen LogP contribution in [0.3, 0.4) is 0 Å². The van der Waals surface area contributed by atoms with Gasteiger partial charge < -0.3 is 4.74 Å². The van der Waals surface area contributed by atoms with E-state index in [0.29, 0.717) is 0 Å². The highest BCUT2D eigenvalue weighted by molar-refractivity contribution is 4.54. The summed E-state index contributed by atoms with van der Waals surface area (Å²) in [7, 11) is 0. The molecule has 1 atom stereocenters. The van der Waals surface area contributed by atoms with Crippen molar-refractivity contribution in [3.05, 3.63) is 10.4 Å². The number of azide groups is 1. The molecule has 0 saturated heterocycles. The standard InChI is InChI=1S/C5H10FN3O/c1-4(2)10-5(3-6)8-9-7/h4-5H,3H2,1-2H3. The predicted molar refractivity (Wildman–Crippen MR) is 35.1 cm³/mol. The summed E-state index contributed by atoms with van der Waals surface area (Å²) in [6.07, 6.45) is -1.09. The molecule has 4 nitrogen and oxygen atoms in total. The lowest BCUT2D eigenvalue weighted by Crippen LogP contribution is -2.16. The van der Waals surface area contributed by atoms with Gasteiger partial charge in [0.25, 0.3) is 0 Å². The maximum Gasteiger partial charge on any atom is 0.165 e. The molecule has 58 valence electrons. The summed E-state index contributed by atoms with van der Waals surface area (Å²) in [5.74, 6) is 0. The second-order valence-electron chi connectivity index (χ2n) is 2.00. The minimum absolute atomic E-state index is 0.119. The van der Waals surface area contributed by atoms with E-state index in [1.807, 2.05) is 0 Å². The van der Waals surface area contributed by atoms with Crippen LogP contribution >= 0.6 is 0 Å². The summed E-state index contributed by atoms with van der Waals surface area (Å²) in [5, 5.41) is 3.07. The molecule has 10 heavy (non-hydrogen) atoms. The Labute approximate surface area is 58.6 Å². The van der Waals surface area contributed by atoms with Crippen molar-refractivity contribution in [2.45, 2.75) is 26.2 Å². The summed E-state index contributed by atoms with van der Waals surface area (Å²) in [4.78, 5) is 2.42. The lowest BCUT2D eigenvalue weighted by molar-refractivity contribution is -0.00106. The molecule has 0 radical (unpaired) electrons. The van der Waals surface area contributed by atoms with Crippen LogP contribution in [0.25, 0.3) is 10.4 Å². The molecule has 0 spiro atoms. The van der Waals surface area contributed by atoms with Crippen molar-refractivity contribution in [1.29, 1.82) is 0 Å². The van der Waals surface area contributed by atoms with Gasteiger partial charge in [0.05, 0.1) is 6.10 Å². The van der Waals surface area contributed by atoms with E-state index in [-0.39, 0.29) is 6.10 Å². The molecule has 0 aliphatic rings. The minimum atomic E-state index is -0.968. The second kappa shape index (κ2) is 5.02. The van der Waals surface area contributed by atoms with Gasteiger partial charge in [-0.2, -0.15) is 0 Å². The van der Waals surface area contributed by atoms with E-state index in [1.165, 1.54) is 0 Å². The Morgan fingerprint density at radius 2 is 2.30 bits per heavy atom. The third-order valence-corrected chi connectivity index (χ3v) is 0.742. The zero-order chi connectivity index (χ0) is 7.98. The van der Waals surface area contributed by atoms with Crippen molar-refractivity contribution in [3.8, 4) is 0 Å². The van der Waals surface area contributed by atoms with Crippen LogP contribution in [0.2, 0.25) is 0 Å². The average Bonchev–Trinajstić information content (AvgIpc) is 1.86. The van der Waals surface area contributed by atoms with Crippen LogP contribution in [0.1, 0.15) is 13.8 Å². The van der Waals surface area contributed by atoms with E-state index < -0.39 is 12.9 Å². The molecule has 0 bridgehead atoms. The molecule has 0 heterocycles. The highest BCUT2D eigenvalue weighted by atomic mass is 19.1. The molecular formula is C5H10FN3O. The van der Waals surface area contributed by atoms with Crippen LogP contribution in [0.4, 0.5) is 4.39 Å². The van der Waals surface area contributed by atoms with E-state index in [9.17, 15) is 4.39 Å². The van der Waals surface area contributed by atoms with Crippen molar-refractivity contribution < 1.29 is 9.13 Å². The first kappa shape index (κ1) is 9.20. The van der Waals surface area contributed by atoms with Gasteiger partial charge in [-0.1, -0.05) is 5.11 Å². The quantitative estimate of drug-likeness (QED) is 0.341. The number of halogens is 1. The van der Waals surface area contributed by atoms with Crippen LogP contribution < -0.4 is 0 Å². The van der Waals surface area contributed by atoms with Crippen LogP contribution in [0, 0.1) is 0 Å². The van der Waals surface area contributed by atoms with Crippen molar-refractivity contribution >= 4 is 0 Å². The van der Waals surface area contributed by atoms with Crippen LogP contribution in [0.15, 0.2) is 5.11 Å². The molecule has 0 rings (SSSR count). The van der Waals surface area contributed by atoms with Crippen LogP contribution in [-0.4, -0.2) is 19.0 Å². The van der Waals surface area contributed by atoms with Crippen molar-refractivity contribution in [2.24, 2.45) is 5.11 Å². The smallest absolute Gasteiger partial charge is 0.165 e. The Morgan fingerprint density at radius 1 is 1.70 bits per heavy atom. The number of nitrogens with zero attached hydrogens (tertiary/aromatic N) is 3.